The van der Waals surface area contributed by atoms with Gasteiger partial charge in [-0.3, -0.25) is 4.79 Å². The molecule has 0 aliphatic carbocycles. The summed E-state index contributed by atoms with van der Waals surface area (Å²) in [6.07, 6.45) is 3.89. The zero-order valence-corrected chi connectivity index (χ0v) is 15.2. The van der Waals surface area contributed by atoms with E-state index in [1.807, 2.05) is 60.1 Å². The lowest BCUT2D eigenvalue weighted by molar-refractivity contribution is -0.118. The van der Waals surface area contributed by atoms with Crippen molar-refractivity contribution in [2.24, 2.45) is 0 Å². The number of imidazole rings is 1. The molecular formula is C22H18FN3O2. The van der Waals surface area contributed by atoms with Crippen LogP contribution in [0.25, 0.3) is 16.9 Å². The number of carbonyl (C=O) groups excluding carboxylic acids is 1. The second kappa shape index (κ2) is 7.52. The molecule has 0 unspecified atom stereocenters. The van der Waals surface area contributed by atoms with Crippen LogP contribution in [0.1, 0.15) is 5.56 Å². The molecule has 0 saturated heterocycles. The first kappa shape index (κ1) is 17.7. The van der Waals surface area contributed by atoms with Gasteiger partial charge in [0.1, 0.15) is 17.2 Å². The number of carbonyl (C=O) groups is 1. The predicted molar refractivity (Wildman–Crippen MR) is 106 cm³/mol. The maximum Gasteiger partial charge on any atom is 0.262 e. The standard InChI is InChI=1S/C22H18FN3O2/c1-15-5-6-16(20-13-26-11-3-2-4-21(26)24-20)12-19(15)25-22(27)14-28-18-9-7-17(23)8-10-18/h2-13H,14H2,1H3,(H,25,27). The lowest BCUT2D eigenvalue weighted by atomic mass is 10.1. The molecule has 2 heterocycles. The quantitative estimate of drug-likeness (QED) is 0.560. The van der Waals surface area contributed by atoms with E-state index < -0.39 is 0 Å². The number of ether oxygens (including phenoxy) is 1. The van der Waals surface area contributed by atoms with E-state index in [-0.39, 0.29) is 18.3 Å². The average molecular weight is 375 g/mol. The van der Waals surface area contributed by atoms with Crippen molar-refractivity contribution in [3.8, 4) is 17.0 Å². The minimum absolute atomic E-state index is 0.163. The molecule has 5 nitrogen and oxygen atoms in total. The number of aryl methyl sites for hydroxylation is 1. The van der Waals surface area contributed by atoms with Gasteiger partial charge in [0.2, 0.25) is 0 Å². The fourth-order valence-corrected chi connectivity index (χ4v) is 2.86. The van der Waals surface area contributed by atoms with Crippen molar-refractivity contribution in [2.75, 3.05) is 11.9 Å². The van der Waals surface area contributed by atoms with Crippen LogP contribution in [0.5, 0.6) is 5.75 Å². The molecule has 0 saturated carbocycles. The molecule has 0 spiro atoms. The van der Waals surface area contributed by atoms with Gasteiger partial charge in [-0.1, -0.05) is 18.2 Å². The van der Waals surface area contributed by atoms with Gasteiger partial charge >= 0.3 is 0 Å². The van der Waals surface area contributed by atoms with Gasteiger partial charge in [-0.25, -0.2) is 9.37 Å². The molecule has 0 radical (unpaired) electrons. The topological polar surface area (TPSA) is 55.6 Å². The number of pyridine rings is 1. The van der Waals surface area contributed by atoms with E-state index in [0.717, 1.165) is 22.5 Å². The Morgan fingerprint density at radius 1 is 1.14 bits per heavy atom. The van der Waals surface area contributed by atoms with Gasteiger partial charge in [0.05, 0.1) is 5.69 Å². The molecule has 0 aliphatic heterocycles. The van der Waals surface area contributed by atoms with Crippen LogP contribution >= 0.6 is 0 Å². The Morgan fingerprint density at radius 2 is 1.96 bits per heavy atom. The molecule has 6 heteroatoms. The predicted octanol–water partition coefficient (Wildman–Crippen LogP) is 4.47. The Bertz CT molecular complexity index is 1100. The van der Waals surface area contributed by atoms with Crippen molar-refractivity contribution in [3.63, 3.8) is 0 Å². The summed E-state index contributed by atoms with van der Waals surface area (Å²) in [7, 11) is 0. The number of benzene rings is 2. The van der Waals surface area contributed by atoms with Crippen LogP contribution in [0.2, 0.25) is 0 Å². The van der Waals surface area contributed by atoms with E-state index >= 15 is 0 Å². The first-order chi connectivity index (χ1) is 13.6. The molecule has 2 aromatic carbocycles. The molecule has 2 aromatic heterocycles. The zero-order valence-electron chi connectivity index (χ0n) is 15.2. The second-order valence-corrected chi connectivity index (χ2v) is 6.41. The molecule has 28 heavy (non-hydrogen) atoms. The Labute approximate surface area is 161 Å². The van der Waals surface area contributed by atoms with Crippen molar-refractivity contribution >= 4 is 17.2 Å². The fraction of sp³-hybridized carbons (Fsp3) is 0.0909. The van der Waals surface area contributed by atoms with Gasteiger partial charge in [0.15, 0.2) is 6.61 Å². The van der Waals surface area contributed by atoms with Gasteiger partial charge in [-0.2, -0.15) is 0 Å². The van der Waals surface area contributed by atoms with Crippen LogP contribution < -0.4 is 10.1 Å². The Morgan fingerprint density at radius 3 is 2.75 bits per heavy atom. The number of halogens is 1. The Balaban J connectivity index is 1.49. The van der Waals surface area contributed by atoms with E-state index in [0.29, 0.717) is 11.4 Å². The van der Waals surface area contributed by atoms with Crippen molar-refractivity contribution in [2.45, 2.75) is 6.92 Å². The first-order valence-corrected chi connectivity index (χ1v) is 8.81. The average Bonchev–Trinajstić information content (AvgIpc) is 3.13. The summed E-state index contributed by atoms with van der Waals surface area (Å²) in [5.74, 6) is -0.206. The Hall–Kier alpha value is -3.67. The number of amides is 1. The summed E-state index contributed by atoms with van der Waals surface area (Å²) >= 11 is 0. The van der Waals surface area contributed by atoms with Crippen molar-refractivity contribution in [1.82, 2.24) is 9.38 Å². The third kappa shape index (κ3) is 3.86. The van der Waals surface area contributed by atoms with E-state index in [4.69, 9.17) is 4.74 Å². The highest BCUT2D eigenvalue weighted by Gasteiger charge is 2.10. The molecule has 0 fully saturated rings. The largest absolute Gasteiger partial charge is 0.484 e. The first-order valence-electron chi connectivity index (χ1n) is 8.81. The lowest BCUT2D eigenvalue weighted by Gasteiger charge is -2.11. The van der Waals surface area contributed by atoms with Gasteiger partial charge in [-0.05, 0) is 55.0 Å². The number of aromatic nitrogens is 2. The minimum Gasteiger partial charge on any atom is -0.484 e. The van der Waals surface area contributed by atoms with E-state index in [9.17, 15) is 9.18 Å². The number of nitrogens with zero attached hydrogens (tertiary/aromatic N) is 2. The third-order valence-electron chi connectivity index (χ3n) is 4.35. The highest BCUT2D eigenvalue weighted by atomic mass is 19.1. The van der Waals surface area contributed by atoms with Crippen LogP contribution in [0.3, 0.4) is 0 Å². The molecule has 0 bridgehead atoms. The van der Waals surface area contributed by atoms with Crippen LogP contribution in [0.4, 0.5) is 10.1 Å². The van der Waals surface area contributed by atoms with E-state index in [1.165, 1.54) is 24.3 Å². The molecule has 140 valence electrons. The van der Waals surface area contributed by atoms with Crippen LogP contribution in [0.15, 0.2) is 73.1 Å². The monoisotopic (exact) mass is 375 g/mol. The number of rotatable bonds is 5. The number of hydrogen-bond donors (Lipinski definition) is 1. The van der Waals surface area contributed by atoms with Gasteiger partial charge < -0.3 is 14.5 Å². The highest BCUT2D eigenvalue weighted by molar-refractivity contribution is 5.93. The summed E-state index contributed by atoms with van der Waals surface area (Å²) in [6.45, 7) is 1.76. The van der Waals surface area contributed by atoms with Crippen LogP contribution in [-0.2, 0) is 4.79 Å². The SMILES string of the molecule is Cc1ccc(-c2cn3ccccc3n2)cc1NC(=O)COc1ccc(F)cc1. The summed E-state index contributed by atoms with van der Waals surface area (Å²) < 4.78 is 20.3. The molecule has 0 aliphatic rings. The van der Waals surface area contributed by atoms with Gasteiger partial charge in [0, 0.05) is 23.6 Å². The van der Waals surface area contributed by atoms with Gasteiger partial charge in [-0.15, -0.1) is 0 Å². The van der Waals surface area contributed by atoms with Crippen LogP contribution in [-0.4, -0.2) is 21.9 Å². The number of nitrogens with one attached hydrogen (secondary N) is 1. The summed E-state index contributed by atoms with van der Waals surface area (Å²) in [5.41, 5.74) is 4.22. The van der Waals surface area contributed by atoms with Crippen LogP contribution in [0, 0.1) is 12.7 Å². The van der Waals surface area contributed by atoms with Crippen molar-refractivity contribution in [1.29, 1.82) is 0 Å². The maximum atomic E-state index is 12.9. The molecular weight excluding hydrogens is 357 g/mol. The fourth-order valence-electron chi connectivity index (χ4n) is 2.86. The summed E-state index contributed by atoms with van der Waals surface area (Å²) in [6, 6.07) is 17.2. The van der Waals surface area contributed by atoms with E-state index in [1.54, 1.807) is 0 Å². The molecule has 4 aromatic rings. The third-order valence-corrected chi connectivity index (χ3v) is 4.35. The molecule has 1 amide bonds. The van der Waals surface area contributed by atoms with E-state index in [2.05, 4.69) is 10.3 Å². The molecule has 4 rings (SSSR count). The Kier molecular flexibility index (Phi) is 4.76. The summed E-state index contributed by atoms with van der Waals surface area (Å²) in [5, 5.41) is 2.86. The van der Waals surface area contributed by atoms with Crippen molar-refractivity contribution in [3.05, 3.63) is 84.4 Å². The summed E-state index contributed by atoms with van der Waals surface area (Å²) in [4.78, 5) is 16.9. The van der Waals surface area contributed by atoms with Crippen molar-refractivity contribution < 1.29 is 13.9 Å². The second-order valence-electron chi connectivity index (χ2n) is 6.41. The smallest absolute Gasteiger partial charge is 0.262 e. The maximum absolute atomic E-state index is 12.9. The van der Waals surface area contributed by atoms with Gasteiger partial charge in [0.25, 0.3) is 5.91 Å². The molecule has 0 atom stereocenters. The zero-order chi connectivity index (χ0) is 19.5. The minimum atomic E-state index is -0.351. The molecule has 1 N–H and O–H groups in total. The highest BCUT2D eigenvalue weighted by Crippen LogP contribution is 2.25. The number of anilines is 1. The number of fused-ring (bicyclic) bond motifs is 1. The number of hydrogen-bond acceptors (Lipinski definition) is 3. The normalized spacial score (nSPS) is 10.8. The lowest BCUT2D eigenvalue weighted by Crippen LogP contribution is -2.20.